The zero-order valence-corrected chi connectivity index (χ0v) is 21.5. The maximum absolute atomic E-state index is 13.7. The number of piperidine rings is 1. The third kappa shape index (κ3) is 4.41. The van der Waals surface area contributed by atoms with Gasteiger partial charge in [0.05, 0.1) is 23.1 Å². The number of hydrogen-bond donors (Lipinski definition) is 0. The summed E-state index contributed by atoms with van der Waals surface area (Å²) in [6.45, 7) is 9.28. The van der Waals surface area contributed by atoms with E-state index in [1.807, 2.05) is 19.1 Å². The minimum atomic E-state index is -0.168. The van der Waals surface area contributed by atoms with Crippen LogP contribution in [0.25, 0.3) is 11.7 Å². The first kappa shape index (κ1) is 23.5. The Hall–Kier alpha value is -2.23. The molecule has 2 aromatic rings. The highest BCUT2D eigenvalue weighted by atomic mass is 32.2. The Labute approximate surface area is 209 Å². The number of ether oxygens (including phenoxy) is 1. The molecule has 34 heavy (non-hydrogen) atoms. The SMILES string of the molecule is Cc1cccn2c(=O)c(/C=C3\SC(=S)N(C[C@H]4CCCO4)C3=O)c(N3C[C@H](C)C[C@@H](C)C3)nc12. The van der Waals surface area contributed by atoms with Crippen molar-refractivity contribution in [3.8, 4) is 0 Å². The topological polar surface area (TPSA) is 67.2 Å². The summed E-state index contributed by atoms with van der Waals surface area (Å²) in [4.78, 5) is 36.3. The molecule has 0 unspecified atom stereocenters. The molecule has 9 heteroatoms. The van der Waals surface area contributed by atoms with E-state index in [1.165, 1.54) is 11.8 Å². The number of hydrogen-bond acceptors (Lipinski definition) is 7. The first-order valence-corrected chi connectivity index (χ1v) is 13.2. The third-order valence-electron chi connectivity index (χ3n) is 6.79. The van der Waals surface area contributed by atoms with E-state index < -0.39 is 0 Å². The molecule has 5 rings (SSSR count). The molecule has 1 amide bonds. The van der Waals surface area contributed by atoms with E-state index in [0.29, 0.717) is 44.6 Å². The Bertz CT molecular complexity index is 1220. The molecule has 0 radical (unpaired) electrons. The van der Waals surface area contributed by atoms with Gasteiger partial charge in [-0.05, 0) is 55.7 Å². The number of nitrogens with zero attached hydrogens (tertiary/aromatic N) is 4. The van der Waals surface area contributed by atoms with E-state index in [1.54, 1.807) is 21.6 Å². The molecule has 3 aliphatic heterocycles. The average Bonchev–Trinajstić information content (AvgIpc) is 3.39. The van der Waals surface area contributed by atoms with Gasteiger partial charge in [0, 0.05) is 25.9 Å². The zero-order valence-electron chi connectivity index (χ0n) is 19.8. The van der Waals surface area contributed by atoms with Gasteiger partial charge in [0.25, 0.3) is 11.5 Å². The first-order valence-electron chi connectivity index (χ1n) is 12.0. The van der Waals surface area contributed by atoms with E-state index in [0.717, 1.165) is 44.5 Å². The largest absolute Gasteiger partial charge is 0.376 e. The number of aryl methyl sites for hydroxylation is 1. The van der Waals surface area contributed by atoms with Gasteiger partial charge in [0.15, 0.2) is 0 Å². The molecule has 7 nitrogen and oxygen atoms in total. The highest BCUT2D eigenvalue weighted by Crippen LogP contribution is 2.35. The van der Waals surface area contributed by atoms with Gasteiger partial charge < -0.3 is 9.64 Å². The molecule has 0 aliphatic carbocycles. The Morgan fingerprint density at radius 1 is 1.26 bits per heavy atom. The molecule has 0 bridgehead atoms. The fourth-order valence-corrected chi connectivity index (χ4v) is 6.54. The predicted molar refractivity (Wildman–Crippen MR) is 140 cm³/mol. The van der Waals surface area contributed by atoms with Crippen LogP contribution < -0.4 is 10.5 Å². The summed E-state index contributed by atoms with van der Waals surface area (Å²) in [6.07, 6.45) is 6.55. The van der Waals surface area contributed by atoms with Gasteiger partial charge in [-0.3, -0.25) is 18.9 Å². The minimum absolute atomic E-state index is 0.0182. The smallest absolute Gasteiger partial charge is 0.267 e. The second-order valence-corrected chi connectivity index (χ2v) is 11.5. The van der Waals surface area contributed by atoms with Crippen LogP contribution >= 0.6 is 24.0 Å². The molecule has 180 valence electrons. The van der Waals surface area contributed by atoms with Crippen LogP contribution in [-0.2, 0) is 9.53 Å². The maximum atomic E-state index is 13.7. The Morgan fingerprint density at radius 2 is 2.03 bits per heavy atom. The summed E-state index contributed by atoms with van der Waals surface area (Å²) in [5.74, 6) is 1.49. The highest BCUT2D eigenvalue weighted by molar-refractivity contribution is 8.26. The van der Waals surface area contributed by atoms with Crippen molar-refractivity contribution in [2.24, 2.45) is 11.8 Å². The zero-order chi connectivity index (χ0) is 24.0. The average molecular weight is 499 g/mol. The summed E-state index contributed by atoms with van der Waals surface area (Å²) in [6, 6.07) is 3.81. The summed E-state index contributed by atoms with van der Waals surface area (Å²) in [5.41, 5.74) is 1.87. The highest BCUT2D eigenvalue weighted by Gasteiger charge is 2.35. The lowest BCUT2D eigenvalue weighted by Gasteiger charge is -2.36. The molecule has 0 saturated carbocycles. The van der Waals surface area contributed by atoms with E-state index >= 15 is 0 Å². The minimum Gasteiger partial charge on any atom is -0.376 e. The summed E-state index contributed by atoms with van der Waals surface area (Å²) in [5, 5.41) is 0. The molecular weight excluding hydrogens is 468 g/mol. The lowest BCUT2D eigenvalue weighted by molar-refractivity contribution is -0.123. The normalized spacial score (nSPS) is 26.9. The van der Waals surface area contributed by atoms with Crippen LogP contribution in [0.2, 0.25) is 0 Å². The second kappa shape index (κ2) is 9.43. The number of amides is 1. The third-order valence-corrected chi connectivity index (χ3v) is 8.17. The molecule has 2 aromatic heterocycles. The molecule has 0 N–H and O–H groups in total. The lowest BCUT2D eigenvalue weighted by Crippen LogP contribution is -2.40. The second-order valence-electron chi connectivity index (χ2n) is 9.82. The van der Waals surface area contributed by atoms with Crippen molar-refractivity contribution in [3.63, 3.8) is 0 Å². The van der Waals surface area contributed by atoms with E-state index in [-0.39, 0.29) is 17.6 Å². The van der Waals surface area contributed by atoms with Crippen molar-refractivity contribution < 1.29 is 9.53 Å². The summed E-state index contributed by atoms with van der Waals surface area (Å²) >= 11 is 6.78. The van der Waals surface area contributed by atoms with Crippen molar-refractivity contribution in [3.05, 3.63) is 44.7 Å². The van der Waals surface area contributed by atoms with Gasteiger partial charge in [-0.2, -0.15) is 0 Å². The molecule has 3 saturated heterocycles. The molecule has 0 spiro atoms. The van der Waals surface area contributed by atoms with Crippen LogP contribution in [0.1, 0.15) is 44.2 Å². The number of carbonyl (C=O) groups excluding carboxylic acids is 1. The lowest BCUT2D eigenvalue weighted by atomic mass is 9.91. The molecular formula is C25H30N4O3S2. The fraction of sp³-hybridized carbons (Fsp3) is 0.520. The molecule has 3 aliphatic rings. The number of carbonyl (C=O) groups is 1. The van der Waals surface area contributed by atoms with Gasteiger partial charge in [0.2, 0.25) is 0 Å². The Kier molecular flexibility index (Phi) is 6.52. The van der Waals surface area contributed by atoms with Crippen molar-refractivity contribution in [1.29, 1.82) is 0 Å². The number of fused-ring (bicyclic) bond motifs is 1. The van der Waals surface area contributed by atoms with Gasteiger partial charge in [-0.15, -0.1) is 0 Å². The van der Waals surface area contributed by atoms with Gasteiger partial charge in [-0.25, -0.2) is 4.98 Å². The van der Waals surface area contributed by atoms with Crippen LogP contribution in [-0.4, -0.2) is 56.9 Å². The molecule has 3 atom stereocenters. The van der Waals surface area contributed by atoms with E-state index in [4.69, 9.17) is 21.9 Å². The molecule has 0 aromatic carbocycles. The fourth-order valence-electron chi connectivity index (χ4n) is 5.28. The number of rotatable bonds is 4. The summed E-state index contributed by atoms with van der Waals surface area (Å²) in [7, 11) is 0. The van der Waals surface area contributed by atoms with E-state index in [9.17, 15) is 9.59 Å². The number of pyridine rings is 1. The van der Waals surface area contributed by atoms with Crippen molar-refractivity contribution in [2.45, 2.75) is 46.1 Å². The van der Waals surface area contributed by atoms with Crippen LogP contribution in [0, 0.1) is 18.8 Å². The van der Waals surface area contributed by atoms with Crippen LogP contribution in [0.4, 0.5) is 5.82 Å². The summed E-state index contributed by atoms with van der Waals surface area (Å²) < 4.78 is 7.80. The quantitative estimate of drug-likeness (QED) is 0.468. The van der Waals surface area contributed by atoms with Crippen molar-refractivity contribution in [2.75, 3.05) is 31.1 Å². The predicted octanol–water partition coefficient (Wildman–Crippen LogP) is 3.87. The molecule has 5 heterocycles. The van der Waals surface area contributed by atoms with Crippen LogP contribution in [0.5, 0.6) is 0 Å². The van der Waals surface area contributed by atoms with Gasteiger partial charge in [-0.1, -0.05) is 43.9 Å². The molecule has 3 fully saturated rings. The maximum Gasteiger partial charge on any atom is 0.267 e. The Morgan fingerprint density at radius 3 is 2.74 bits per heavy atom. The van der Waals surface area contributed by atoms with Gasteiger partial charge >= 0.3 is 0 Å². The monoisotopic (exact) mass is 498 g/mol. The number of aromatic nitrogens is 2. The van der Waals surface area contributed by atoms with Crippen LogP contribution in [0.3, 0.4) is 0 Å². The number of anilines is 1. The van der Waals surface area contributed by atoms with Crippen LogP contribution in [0.15, 0.2) is 28.0 Å². The van der Waals surface area contributed by atoms with Gasteiger partial charge in [0.1, 0.15) is 15.8 Å². The number of thiocarbonyl (C=S) groups is 1. The number of thioether (sulfide) groups is 1. The standard InChI is InChI=1S/C25H30N4O3S2/c1-15-10-16(2)13-27(12-15)22-19(23(30)28-8-4-6-17(3)21(28)26-22)11-20-24(31)29(25(33)34-20)14-18-7-5-9-32-18/h4,6,8,11,15-16,18H,5,7,9-10,12-14H2,1-3H3/b20-11-/t15-,16-,18-/m1/s1. The Balaban J connectivity index is 1.59. The van der Waals surface area contributed by atoms with Crippen molar-refractivity contribution in [1.82, 2.24) is 14.3 Å². The van der Waals surface area contributed by atoms with Crippen molar-refractivity contribution >= 4 is 51.7 Å². The first-order chi connectivity index (χ1) is 16.3. The van der Waals surface area contributed by atoms with E-state index in [2.05, 4.69) is 18.7 Å².